The van der Waals surface area contributed by atoms with E-state index in [1.165, 1.54) is 4.90 Å². The third-order valence-electron chi connectivity index (χ3n) is 2.66. The third-order valence-corrected chi connectivity index (χ3v) is 2.78. The second-order valence-corrected chi connectivity index (χ2v) is 4.54. The Morgan fingerprint density at radius 1 is 1.56 bits per heavy atom. The zero-order chi connectivity index (χ0) is 12.3. The van der Waals surface area contributed by atoms with Crippen LogP contribution in [-0.2, 0) is 9.59 Å². The molecule has 16 heavy (non-hydrogen) atoms. The van der Waals surface area contributed by atoms with Crippen molar-refractivity contribution in [2.45, 2.75) is 38.8 Å². The lowest BCUT2D eigenvalue weighted by Crippen LogP contribution is -2.62. The van der Waals surface area contributed by atoms with Gasteiger partial charge in [-0.15, -0.1) is 0 Å². The summed E-state index contributed by atoms with van der Waals surface area (Å²) in [5, 5.41) is 3.08. The first-order valence-corrected chi connectivity index (χ1v) is 5.79. The Hall–Kier alpha value is -1.03. The summed E-state index contributed by atoms with van der Waals surface area (Å²) in [6, 6.07) is -0.888. The van der Waals surface area contributed by atoms with Gasteiger partial charge in [0.25, 0.3) is 0 Å². The Labute approximate surface area is 101 Å². The van der Waals surface area contributed by atoms with Gasteiger partial charge >= 0.3 is 0 Å². The van der Waals surface area contributed by atoms with Gasteiger partial charge < -0.3 is 10.2 Å². The van der Waals surface area contributed by atoms with Crippen LogP contribution >= 0.6 is 11.6 Å². The number of piperazine rings is 1. The minimum Gasteiger partial charge on any atom is -0.343 e. The molecule has 1 fully saturated rings. The second kappa shape index (κ2) is 5.34. The fraction of sp³-hybridized carbons (Fsp3) is 0.636. The van der Waals surface area contributed by atoms with E-state index in [-0.39, 0.29) is 18.4 Å². The van der Waals surface area contributed by atoms with Crippen molar-refractivity contribution in [1.82, 2.24) is 10.2 Å². The van der Waals surface area contributed by atoms with E-state index in [4.69, 9.17) is 11.6 Å². The number of hydrogen-bond donors (Lipinski definition) is 1. The van der Waals surface area contributed by atoms with Gasteiger partial charge in [-0.3, -0.25) is 9.59 Å². The Bertz CT molecular complexity index is 317. The highest BCUT2D eigenvalue weighted by molar-refractivity contribution is 6.29. The number of halogens is 1. The number of carbonyl (C=O) groups is 2. The highest BCUT2D eigenvalue weighted by Gasteiger charge is 2.37. The molecule has 1 N–H and O–H groups in total. The molecule has 0 bridgehead atoms. The average Bonchev–Trinajstić information content (AvgIpc) is 2.21. The lowest BCUT2D eigenvalue weighted by Gasteiger charge is -2.37. The maximum absolute atomic E-state index is 12.0. The summed E-state index contributed by atoms with van der Waals surface area (Å²) < 4.78 is 0. The van der Waals surface area contributed by atoms with E-state index >= 15 is 0 Å². The van der Waals surface area contributed by atoms with Gasteiger partial charge in [0, 0.05) is 5.03 Å². The minimum absolute atomic E-state index is 0.0734. The Morgan fingerprint density at radius 2 is 2.19 bits per heavy atom. The van der Waals surface area contributed by atoms with E-state index < -0.39 is 12.1 Å². The minimum atomic E-state index is -0.476. The number of amides is 2. The van der Waals surface area contributed by atoms with E-state index in [9.17, 15) is 9.59 Å². The topological polar surface area (TPSA) is 49.4 Å². The maximum Gasteiger partial charge on any atom is 0.246 e. The molecule has 0 aromatic heterocycles. The number of nitrogens with one attached hydrogen (secondary N) is 1. The molecule has 90 valence electrons. The summed E-state index contributed by atoms with van der Waals surface area (Å²) in [7, 11) is 0. The first-order valence-electron chi connectivity index (χ1n) is 5.41. The smallest absolute Gasteiger partial charge is 0.246 e. The van der Waals surface area contributed by atoms with Crippen molar-refractivity contribution in [2.24, 2.45) is 0 Å². The summed E-state index contributed by atoms with van der Waals surface area (Å²) in [6.07, 6.45) is 1.50. The van der Waals surface area contributed by atoms with Crippen molar-refractivity contribution in [2.75, 3.05) is 6.54 Å². The van der Waals surface area contributed by atoms with E-state index in [0.29, 0.717) is 11.5 Å². The Balaban J connectivity index is 2.81. The normalized spacial score (nSPS) is 25.6. The zero-order valence-electron chi connectivity index (χ0n) is 9.62. The molecule has 0 aliphatic carbocycles. The van der Waals surface area contributed by atoms with E-state index in [1.807, 2.05) is 6.92 Å². The third kappa shape index (κ3) is 2.76. The summed E-state index contributed by atoms with van der Waals surface area (Å²) in [5.74, 6) is -0.202. The van der Waals surface area contributed by atoms with Crippen LogP contribution < -0.4 is 5.32 Å². The predicted octanol–water partition coefficient (Wildman–Crippen LogP) is 1.25. The van der Waals surface area contributed by atoms with Gasteiger partial charge in [0.2, 0.25) is 11.8 Å². The molecule has 5 heteroatoms. The van der Waals surface area contributed by atoms with Gasteiger partial charge in [-0.2, -0.15) is 0 Å². The fourth-order valence-corrected chi connectivity index (χ4v) is 1.90. The largest absolute Gasteiger partial charge is 0.343 e. The van der Waals surface area contributed by atoms with Gasteiger partial charge in [-0.25, -0.2) is 0 Å². The first kappa shape index (κ1) is 13.0. The molecular weight excluding hydrogens is 228 g/mol. The van der Waals surface area contributed by atoms with Crippen LogP contribution in [0.1, 0.15) is 26.7 Å². The van der Waals surface area contributed by atoms with Crippen molar-refractivity contribution in [3.8, 4) is 0 Å². The molecule has 0 spiro atoms. The highest BCUT2D eigenvalue weighted by atomic mass is 35.5. The van der Waals surface area contributed by atoms with Crippen LogP contribution in [0.5, 0.6) is 0 Å². The predicted molar refractivity (Wildman–Crippen MR) is 63.0 cm³/mol. The van der Waals surface area contributed by atoms with Crippen molar-refractivity contribution < 1.29 is 9.59 Å². The molecule has 1 heterocycles. The van der Waals surface area contributed by atoms with Crippen LogP contribution in [0, 0.1) is 0 Å². The summed E-state index contributed by atoms with van der Waals surface area (Å²) in [6.45, 7) is 7.45. The van der Waals surface area contributed by atoms with Crippen LogP contribution in [0.25, 0.3) is 0 Å². The van der Waals surface area contributed by atoms with Crippen LogP contribution in [0.2, 0.25) is 0 Å². The molecule has 4 nitrogen and oxygen atoms in total. The molecule has 0 aromatic rings. The van der Waals surface area contributed by atoms with Crippen molar-refractivity contribution in [1.29, 1.82) is 0 Å². The quantitative estimate of drug-likeness (QED) is 0.809. The molecule has 1 saturated heterocycles. The van der Waals surface area contributed by atoms with Crippen molar-refractivity contribution in [3.05, 3.63) is 11.6 Å². The highest BCUT2D eigenvalue weighted by Crippen LogP contribution is 2.15. The Morgan fingerprint density at radius 3 is 2.69 bits per heavy atom. The first-order chi connectivity index (χ1) is 7.47. The van der Waals surface area contributed by atoms with E-state index in [0.717, 1.165) is 6.42 Å². The summed E-state index contributed by atoms with van der Waals surface area (Å²) in [4.78, 5) is 25.1. The molecular formula is C11H17ClN2O2. The number of hydrogen-bond acceptors (Lipinski definition) is 2. The molecule has 0 saturated carbocycles. The maximum atomic E-state index is 12.0. The van der Waals surface area contributed by atoms with Crippen LogP contribution in [0.15, 0.2) is 11.6 Å². The van der Waals surface area contributed by atoms with Crippen LogP contribution in [0.3, 0.4) is 0 Å². The number of carbonyl (C=O) groups excluding carboxylic acids is 2. The van der Waals surface area contributed by atoms with E-state index in [1.54, 1.807) is 6.92 Å². The van der Waals surface area contributed by atoms with Crippen LogP contribution in [-0.4, -0.2) is 35.3 Å². The standard InChI is InChI=1S/C11H17ClN2O2/c1-4-5-9-11(16)14(6-7(2)12)8(3)10(15)13-9/h8-9H,2,4-6H2,1,3H3,(H,13,15). The molecule has 1 aliphatic heterocycles. The second-order valence-electron chi connectivity index (χ2n) is 4.01. The summed E-state index contributed by atoms with van der Waals surface area (Å²) >= 11 is 5.69. The molecule has 2 atom stereocenters. The zero-order valence-corrected chi connectivity index (χ0v) is 10.4. The van der Waals surface area contributed by atoms with Gasteiger partial charge in [0.15, 0.2) is 0 Å². The van der Waals surface area contributed by atoms with Gasteiger partial charge in [0.1, 0.15) is 12.1 Å². The monoisotopic (exact) mass is 244 g/mol. The van der Waals surface area contributed by atoms with Gasteiger partial charge in [-0.05, 0) is 13.3 Å². The summed E-state index contributed by atoms with van der Waals surface area (Å²) in [5.41, 5.74) is 0. The SMILES string of the molecule is C=C(Cl)CN1C(=O)C(CCC)NC(=O)C1C. The fourth-order valence-electron chi connectivity index (χ4n) is 1.77. The van der Waals surface area contributed by atoms with Crippen molar-refractivity contribution in [3.63, 3.8) is 0 Å². The lowest BCUT2D eigenvalue weighted by molar-refractivity contribution is -0.148. The van der Waals surface area contributed by atoms with Crippen LogP contribution in [0.4, 0.5) is 0 Å². The van der Waals surface area contributed by atoms with Gasteiger partial charge in [0.05, 0.1) is 6.54 Å². The molecule has 0 radical (unpaired) electrons. The molecule has 1 aliphatic rings. The lowest BCUT2D eigenvalue weighted by atomic mass is 10.0. The average molecular weight is 245 g/mol. The van der Waals surface area contributed by atoms with Gasteiger partial charge in [-0.1, -0.05) is 31.5 Å². The molecule has 2 amide bonds. The Kier molecular flexibility index (Phi) is 4.35. The number of nitrogens with zero attached hydrogens (tertiary/aromatic N) is 1. The van der Waals surface area contributed by atoms with E-state index in [2.05, 4.69) is 11.9 Å². The molecule has 2 unspecified atom stereocenters. The van der Waals surface area contributed by atoms with Crippen molar-refractivity contribution >= 4 is 23.4 Å². The number of rotatable bonds is 4. The molecule has 1 rings (SSSR count). The molecule has 0 aromatic carbocycles.